The lowest BCUT2D eigenvalue weighted by Crippen LogP contribution is -2.43. The summed E-state index contributed by atoms with van der Waals surface area (Å²) in [5.41, 5.74) is 11.8. The molecule has 6 rings (SSSR count). The molecule has 12 heteroatoms. The van der Waals surface area contributed by atoms with E-state index in [-0.39, 0.29) is 30.5 Å². The first kappa shape index (κ1) is 35.3. The van der Waals surface area contributed by atoms with Crippen LogP contribution in [0.4, 0.5) is 37.7 Å². The minimum Gasteiger partial charge on any atom is -0.399 e. The van der Waals surface area contributed by atoms with Crippen LogP contribution in [0.2, 0.25) is 10.0 Å². The van der Waals surface area contributed by atoms with Crippen LogP contribution < -0.4 is 11.5 Å². The van der Waals surface area contributed by atoms with Gasteiger partial charge in [-0.3, -0.25) is 9.98 Å². The number of nitrogens with two attached hydrogens (primary N) is 2. The highest BCUT2D eigenvalue weighted by molar-refractivity contribution is 6.31. The van der Waals surface area contributed by atoms with Crippen molar-refractivity contribution >= 4 is 46.5 Å². The third kappa shape index (κ3) is 6.78. The molecular weight excluding hydrogens is 673 g/mol. The maximum Gasteiger partial charge on any atom is 0.403 e. The molecule has 2 aliphatic rings. The smallest absolute Gasteiger partial charge is 0.399 e. The summed E-state index contributed by atoms with van der Waals surface area (Å²) in [4.78, 5) is 8.37. The first-order valence-electron chi connectivity index (χ1n) is 14.9. The van der Waals surface area contributed by atoms with Crippen LogP contribution in [-0.4, -0.2) is 30.8 Å². The van der Waals surface area contributed by atoms with Crippen molar-refractivity contribution in [3.8, 4) is 0 Å². The summed E-state index contributed by atoms with van der Waals surface area (Å²) in [5, 5.41) is 1.07. The molecule has 4 aromatic rings. The number of rotatable bonds is 4. The predicted octanol–water partition coefficient (Wildman–Crippen LogP) is 10.2. The van der Waals surface area contributed by atoms with Crippen LogP contribution in [0.15, 0.2) is 94.9 Å². The number of aliphatic imine (C=N–C) groups is 2. The highest BCUT2D eigenvalue weighted by atomic mass is 35.5. The molecule has 0 spiro atoms. The molecule has 0 bridgehead atoms. The van der Waals surface area contributed by atoms with Gasteiger partial charge in [-0.05, 0) is 90.0 Å². The third-order valence-corrected chi connectivity index (χ3v) is 9.59. The number of hydrogen-bond acceptors (Lipinski definition) is 4. The van der Waals surface area contributed by atoms with Gasteiger partial charge < -0.3 is 11.5 Å². The highest BCUT2D eigenvalue weighted by Crippen LogP contribution is 2.51. The predicted molar refractivity (Wildman–Crippen MR) is 181 cm³/mol. The molecule has 2 heterocycles. The van der Waals surface area contributed by atoms with Gasteiger partial charge in [-0.25, -0.2) is 0 Å². The number of nitrogen functional groups attached to an aromatic ring is 2. The van der Waals surface area contributed by atoms with E-state index < -0.39 is 29.2 Å². The molecule has 4 N–H and O–H groups in total. The van der Waals surface area contributed by atoms with E-state index in [1.807, 2.05) is 0 Å². The van der Waals surface area contributed by atoms with Crippen LogP contribution in [0.5, 0.6) is 0 Å². The number of alkyl halides is 6. The molecule has 0 saturated carbocycles. The summed E-state index contributed by atoms with van der Waals surface area (Å²) in [6, 6.07) is 21.8. The minimum atomic E-state index is -4.44. The Balaban J connectivity index is 0.000000188. The second-order valence-corrected chi connectivity index (χ2v) is 13.1. The van der Waals surface area contributed by atoms with Gasteiger partial charge in [0.05, 0.1) is 12.6 Å². The molecule has 3 unspecified atom stereocenters. The third-order valence-electron chi connectivity index (χ3n) is 9.09. The first-order valence-corrected chi connectivity index (χ1v) is 15.7. The quantitative estimate of drug-likeness (QED) is 0.164. The molecular formula is C36H32Cl2F6N4. The second kappa shape index (κ2) is 13.1. The Bertz CT molecular complexity index is 1850. The van der Waals surface area contributed by atoms with Gasteiger partial charge >= 0.3 is 12.4 Å². The molecule has 0 aliphatic carbocycles. The minimum absolute atomic E-state index is 0.165. The molecule has 2 aliphatic heterocycles. The highest BCUT2D eigenvalue weighted by Gasteiger charge is 2.59. The molecule has 0 radical (unpaired) electrons. The summed E-state index contributed by atoms with van der Waals surface area (Å²) in [6.45, 7) is 3.09. The number of hydrogen-bond donors (Lipinski definition) is 2. The van der Waals surface area contributed by atoms with Crippen molar-refractivity contribution in [2.45, 2.75) is 55.9 Å². The Morgan fingerprint density at radius 2 is 1.23 bits per heavy atom. The van der Waals surface area contributed by atoms with Crippen LogP contribution >= 0.6 is 23.2 Å². The number of benzene rings is 4. The average Bonchev–Trinajstić information content (AvgIpc) is 3.69. The Labute approximate surface area is 284 Å². The molecule has 4 aromatic carbocycles. The van der Waals surface area contributed by atoms with Crippen molar-refractivity contribution in [1.82, 2.24) is 0 Å². The van der Waals surface area contributed by atoms with Crippen LogP contribution in [0.1, 0.15) is 52.3 Å². The molecule has 0 fully saturated rings. The molecule has 0 amide bonds. The van der Waals surface area contributed by atoms with Crippen molar-refractivity contribution in [3.05, 3.63) is 128 Å². The zero-order chi connectivity index (χ0) is 35.1. The normalized spacial score (nSPS) is 22.3. The Morgan fingerprint density at radius 3 is 1.75 bits per heavy atom. The lowest BCUT2D eigenvalue weighted by molar-refractivity contribution is -0.183. The molecule has 4 nitrogen and oxygen atoms in total. The largest absolute Gasteiger partial charge is 0.403 e. The summed E-state index contributed by atoms with van der Waals surface area (Å²) >= 11 is 11.7. The number of anilines is 2. The number of aryl methyl sites for hydroxylation is 2. The first-order chi connectivity index (χ1) is 22.5. The standard InChI is InChI=1S/2C18H16ClF3N2/c2*1-11-8-13(4-7-15(11)23)17(18(20,21)22)9-16(24-10-17)12-2-5-14(19)6-3-12/h2-8H,9-10,23H2,1H3;2-8,10,16H,9,23H2,1H3. The zero-order valence-corrected chi connectivity index (χ0v) is 27.4. The average molecular weight is 706 g/mol. The van der Waals surface area contributed by atoms with Gasteiger partial charge in [-0.2, -0.15) is 26.3 Å². The Kier molecular flexibility index (Phi) is 9.65. The SMILES string of the molecule is Cc1cc(C2(C(F)(F)F)C=NC(c3ccc(Cl)cc3)C2)ccc1N.Cc1cc(C2(C(F)(F)F)CN=C(c3ccc(Cl)cc3)C2)ccc1N. The molecule has 0 saturated heterocycles. The van der Waals surface area contributed by atoms with E-state index in [9.17, 15) is 26.3 Å². The van der Waals surface area contributed by atoms with Gasteiger partial charge in [0.25, 0.3) is 0 Å². The van der Waals surface area contributed by atoms with E-state index in [1.54, 1.807) is 62.4 Å². The van der Waals surface area contributed by atoms with Crippen LogP contribution in [-0.2, 0) is 10.8 Å². The van der Waals surface area contributed by atoms with Gasteiger partial charge in [-0.1, -0.05) is 71.7 Å². The van der Waals surface area contributed by atoms with E-state index in [2.05, 4.69) is 9.98 Å². The monoisotopic (exact) mass is 704 g/mol. The van der Waals surface area contributed by atoms with Gasteiger partial charge in [0, 0.05) is 39.8 Å². The van der Waals surface area contributed by atoms with Crippen molar-refractivity contribution in [1.29, 1.82) is 0 Å². The van der Waals surface area contributed by atoms with Crippen molar-refractivity contribution in [2.24, 2.45) is 9.98 Å². The summed E-state index contributed by atoms with van der Waals surface area (Å²) in [5.74, 6) is 0. The van der Waals surface area contributed by atoms with Gasteiger partial charge in [-0.15, -0.1) is 0 Å². The van der Waals surface area contributed by atoms with Crippen LogP contribution in [0, 0.1) is 13.8 Å². The maximum atomic E-state index is 14.0. The van der Waals surface area contributed by atoms with Gasteiger partial charge in [0.15, 0.2) is 0 Å². The summed E-state index contributed by atoms with van der Waals surface area (Å²) in [7, 11) is 0. The second-order valence-electron chi connectivity index (χ2n) is 12.2. The number of halogens is 8. The fraction of sp³-hybridized carbons (Fsp3) is 0.278. The molecule has 0 aromatic heterocycles. The van der Waals surface area contributed by atoms with Gasteiger partial charge in [0.2, 0.25) is 0 Å². The fourth-order valence-electron chi connectivity index (χ4n) is 6.00. The van der Waals surface area contributed by atoms with Crippen molar-refractivity contribution < 1.29 is 26.3 Å². The maximum absolute atomic E-state index is 14.0. The molecule has 48 heavy (non-hydrogen) atoms. The molecule has 252 valence electrons. The zero-order valence-electron chi connectivity index (χ0n) is 25.9. The van der Waals surface area contributed by atoms with E-state index in [0.717, 1.165) is 6.21 Å². The summed E-state index contributed by atoms with van der Waals surface area (Å²) in [6.07, 6.45) is -8.17. The lowest BCUT2D eigenvalue weighted by Gasteiger charge is -2.32. The molecule has 3 atom stereocenters. The van der Waals surface area contributed by atoms with E-state index in [1.165, 1.54) is 36.4 Å². The van der Waals surface area contributed by atoms with Crippen LogP contribution in [0.25, 0.3) is 0 Å². The lowest BCUT2D eigenvalue weighted by atomic mass is 9.76. The van der Waals surface area contributed by atoms with E-state index >= 15 is 0 Å². The van der Waals surface area contributed by atoms with Gasteiger partial charge in [0.1, 0.15) is 10.8 Å². The van der Waals surface area contributed by atoms with Crippen LogP contribution in [0.3, 0.4) is 0 Å². The van der Waals surface area contributed by atoms with E-state index in [4.69, 9.17) is 34.7 Å². The topological polar surface area (TPSA) is 76.8 Å². The summed E-state index contributed by atoms with van der Waals surface area (Å²) < 4.78 is 83.7. The van der Waals surface area contributed by atoms with Crippen molar-refractivity contribution in [3.63, 3.8) is 0 Å². The Morgan fingerprint density at radius 1 is 0.708 bits per heavy atom. The number of nitrogens with zero attached hydrogens (tertiary/aromatic N) is 2. The van der Waals surface area contributed by atoms with Crippen molar-refractivity contribution in [2.75, 3.05) is 18.0 Å². The Hall–Kier alpha value is -4.02. The van der Waals surface area contributed by atoms with E-state index in [0.29, 0.717) is 49.4 Å². The fourth-order valence-corrected chi connectivity index (χ4v) is 6.25.